The van der Waals surface area contributed by atoms with Crippen molar-refractivity contribution in [2.24, 2.45) is 0 Å². The molecule has 136 valence electrons. The van der Waals surface area contributed by atoms with Gasteiger partial charge in [-0.25, -0.2) is 0 Å². The van der Waals surface area contributed by atoms with Crippen LogP contribution in [0.5, 0.6) is 11.5 Å². The van der Waals surface area contributed by atoms with Gasteiger partial charge in [0.05, 0.1) is 19.9 Å². The summed E-state index contributed by atoms with van der Waals surface area (Å²) in [6, 6.07) is 10.2. The molecule has 0 unspecified atom stereocenters. The van der Waals surface area contributed by atoms with E-state index in [4.69, 9.17) is 9.47 Å². The summed E-state index contributed by atoms with van der Waals surface area (Å²) >= 11 is 1.60. The van der Waals surface area contributed by atoms with Crippen LogP contribution in [0.15, 0.2) is 35.5 Å². The van der Waals surface area contributed by atoms with Crippen LogP contribution in [-0.4, -0.2) is 34.4 Å². The molecule has 2 aromatic carbocycles. The Labute approximate surface area is 157 Å². The molecule has 0 saturated carbocycles. The maximum Gasteiger partial charge on any atom is 0.214 e. The maximum absolute atomic E-state index is 5.41. The summed E-state index contributed by atoms with van der Waals surface area (Å²) in [6.45, 7) is 6.19. The molecule has 6 nitrogen and oxygen atoms in total. The number of ether oxygens (including phenoxy) is 2. The molecule has 0 spiro atoms. The predicted octanol–water partition coefficient (Wildman–Crippen LogP) is 3.90. The third-order valence-corrected chi connectivity index (χ3v) is 5.26. The fourth-order valence-corrected chi connectivity index (χ4v) is 3.81. The van der Waals surface area contributed by atoms with Gasteiger partial charge in [0, 0.05) is 5.75 Å². The van der Waals surface area contributed by atoms with E-state index in [1.165, 1.54) is 0 Å². The van der Waals surface area contributed by atoms with E-state index in [-0.39, 0.29) is 0 Å². The van der Waals surface area contributed by atoms with Crippen molar-refractivity contribution in [1.29, 1.82) is 0 Å². The highest BCUT2D eigenvalue weighted by molar-refractivity contribution is 7.98. The summed E-state index contributed by atoms with van der Waals surface area (Å²) in [4.78, 5) is 0. The lowest BCUT2D eigenvalue weighted by Crippen LogP contribution is -2.04. The third kappa shape index (κ3) is 3.53. The molecule has 1 heterocycles. The fraction of sp³-hybridized carbons (Fsp3) is 0.316. The van der Waals surface area contributed by atoms with Crippen molar-refractivity contribution in [3.8, 4) is 17.2 Å². The minimum atomic E-state index is 0.725. The Bertz CT molecular complexity index is 904. The number of aromatic nitrogens is 4. The molecule has 0 aliphatic rings. The largest absolute Gasteiger partial charge is 0.493 e. The Hall–Kier alpha value is -2.54. The number of hydrogen-bond acceptors (Lipinski definition) is 6. The zero-order chi connectivity index (χ0) is 18.7. The van der Waals surface area contributed by atoms with Crippen LogP contribution in [0.3, 0.4) is 0 Å². The zero-order valence-electron chi connectivity index (χ0n) is 15.6. The molecule has 0 saturated heterocycles. The molecule has 7 heteroatoms. The van der Waals surface area contributed by atoms with Crippen molar-refractivity contribution in [1.82, 2.24) is 20.2 Å². The lowest BCUT2D eigenvalue weighted by Gasteiger charge is -2.13. The first kappa shape index (κ1) is 18.3. The first-order valence-electron chi connectivity index (χ1n) is 8.24. The van der Waals surface area contributed by atoms with Gasteiger partial charge in [0.15, 0.2) is 11.5 Å². The molecule has 0 atom stereocenters. The van der Waals surface area contributed by atoms with Crippen LogP contribution in [-0.2, 0) is 5.75 Å². The van der Waals surface area contributed by atoms with Gasteiger partial charge in [-0.15, -0.1) is 5.10 Å². The second-order valence-corrected chi connectivity index (χ2v) is 6.98. The van der Waals surface area contributed by atoms with Crippen molar-refractivity contribution in [2.75, 3.05) is 14.2 Å². The number of para-hydroxylation sites is 1. The standard InChI is InChI=1S/C19H22N4O2S/c1-12-7-6-8-13(2)18(12)23-19(20-21-22-23)26-11-15-10-17(25-5)16(24-4)9-14(15)3/h6-10H,11H2,1-5H3. The molecule has 0 fully saturated rings. The second-order valence-electron chi connectivity index (χ2n) is 6.04. The van der Waals surface area contributed by atoms with Gasteiger partial charge in [0.25, 0.3) is 0 Å². The van der Waals surface area contributed by atoms with Gasteiger partial charge in [-0.3, -0.25) is 0 Å². The Kier molecular flexibility index (Phi) is 5.46. The van der Waals surface area contributed by atoms with Crippen molar-refractivity contribution in [2.45, 2.75) is 31.7 Å². The monoisotopic (exact) mass is 370 g/mol. The molecule has 0 amide bonds. The number of nitrogens with zero attached hydrogens (tertiary/aromatic N) is 4. The number of methoxy groups -OCH3 is 2. The SMILES string of the molecule is COc1cc(C)c(CSc2nnnn2-c2c(C)cccc2C)cc1OC. The van der Waals surface area contributed by atoms with Gasteiger partial charge < -0.3 is 9.47 Å². The lowest BCUT2D eigenvalue weighted by atomic mass is 10.1. The predicted molar refractivity (Wildman–Crippen MR) is 102 cm³/mol. The molecule has 0 aliphatic heterocycles. The van der Waals surface area contributed by atoms with Crippen LogP contribution in [0, 0.1) is 20.8 Å². The van der Waals surface area contributed by atoms with Crippen LogP contribution in [0.1, 0.15) is 22.3 Å². The van der Waals surface area contributed by atoms with E-state index < -0.39 is 0 Å². The van der Waals surface area contributed by atoms with E-state index in [2.05, 4.69) is 48.4 Å². The summed E-state index contributed by atoms with van der Waals surface area (Å²) in [5.74, 6) is 2.19. The van der Waals surface area contributed by atoms with Crippen molar-refractivity contribution in [3.63, 3.8) is 0 Å². The van der Waals surface area contributed by atoms with Crippen molar-refractivity contribution >= 4 is 11.8 Å². The smallest absolute Gasteiger partial charge is 0.214 e. The molecule has 0 bridgehead atoms. The number of aryl methyl sites for hydroxylation is 3. The molecular weight excluding hydrogens is 348 g/mol. The van der Waals surface area contributed by atoms with Gasteiger partial charge in [-0.1, -0.05) is 30.0 Å². The summed E-state index contributed by atoms with van der Waals surface area (Å²) in [5.41, 5.74) is 5.61. The zero-order valence-corrected chi connectivity index (χ0v) is 16.4. The quantitative estimate of drug-likeness (QED) is 0.613. The molecule has 3 aromatic rings. The van der Waals surface area contributed by atoms with E-state index in [0.717, 1.165) is 50.3 Å². The Morgan fingerprint density at radius 1 is 0.962 bits per heavy atom. The van der Waals surface area contributed by atoms with Crippen molar-refractivity contribution in [3.05, 3.63) is 52.6 Å². The minimum absolute atomic E-state index is 0.725. The van der Waals surface area contributed by atoms with Crippen LogP contribution < -0.4 is 9.47 Å². The molecular formula is C19H22N4O2S. The highest BCUT2D eigenvalue weighted by atomic mass is 32.2. The van der Waals surface area contributed by atoms with Gasteiger partial charge >= 0.3 is 0 Å². The lowest BCUT2D eigenvalue weighted by molar-refractivity contribution is 0.354. The first-order chi connectivity index (χ1) is 12.5. The van der Waals surface area contributed by atoms with Crippen LogP contribution in [0.25, 0.3) is 5.69 Å². The van der Waals surface area contributed by atoms with E-state index in [1.54, 1.807) is 26.0 Å². The van der Waals surface area contributed by atoms with Crippen molar-refractivity contribution < 1.29 is 9.47 Å². The third-order valence-electron chi connectivity index (χ3n) is 4.29. The van der Waals surface area contributed by atoms with Crippen LogP contribution >= 0.6 is 11.8 Å². The molecule has 3 rings (SSSR count). The van der Waals surface area contributed by atoms with Gasteiger partial charge in [-0.2, -0.15) is 4.68 Å². The average Bonchev–Trinajstić information content (AvgIpc) is 3.08. The molecule has 0 aliphatic carbocycles. The number of hydrogen-bond donors (Lipinski definition) is 0. The number of tetrazole rings is 1. The average molecular weight is 370 g/mol. The fourth-order valence-electron chi connectivity index (χ4n) is 2.87. The second kappa shape index (κ2) is 7.78. The van der Waals surface area contributed by atoms with E-state index >= 15 is 0 Å². The first-order valence-corrected chi connectivity index (χ1v) is 9.23. The van der Waals surface area contributed by atoms with Crippen LogP contribution in [0.2, 0.25) is 0 Å². The summed E-state index contributed by atoms with van der Waals surface area (Å²) in [6.07, 6.45) is 0. The van der Waals surface area contributed by atoms with E-state index in [0.29, 0.717) is 0 Å². The van der Waals surface area contributed by atoms with Gasteiger partial charge in [0.1, 0.15) is 0 Å². The number of benzene rings is 2. The van der Waals surface area contributed by atoms with Gasteiger partial charge in [-0.05, 0) is 65.6 Å². The summed E-state index contributed by atoms with van der Waals surface area (Å²) in [7, 11) is 3.29. The summed E-state index contributed by atoms with van der Waals surface area (Å²) < 4.78 is 12.6. The highest BCUT2D eigenvalue weighted by Gasteiger charge is 2.15. The van der Waals surface area contributed by atoms with Gasteiger partial charge in [0.2, 0.25) is 5.16 Å². The highest BCUT2D eigenvalue weighted by Crippen LogP contribution is 2.33. The molecule has 0 radical (unpaired) electrons. The maximum atomic E-state index is 5.41. The topological polar surface area (TPSA) is 62.1 Å². The molecule has 26 heavy (non-hydrogen) atoms. The summed E-state index contributed by atoms with van der Waals surface area (Å²) in [5, 5.41) is 13.0. The molecule has 1 aromatic heterocycles. The Morgan fingerprint density at radius 2 is 1.62 bits per heavy atom. The normalized spacial score (nSPS) is 10.8. The minimum Gasteiger partial charge on any atom is -0.493 e. The van der Waals surface area contributed by atoms with Crippen LogP contribution in [0.4, 0.5) is 0 Å². The van der Waals surface area contributed by atoms with E-state index in [9.17, 15) is 0 Å². The van der Waals surface area contributed by atoms with E-state index in [1.807, 2.05) is 22.9 Å². The molecule has 0 N–H and O–H groups in total. The Balaban J connectivity index is 1.88. The number of rotatable bonds is 6. The number of thioether (sulfide) groups is 1. The Morgan fingerprint density at radius 3 is 2.27 bits per heavy atom.